The van der Waals surface area contributed by atoms with Gasteiger partial charge in [-0.3, -0.25) is 14.6 Å². The fourth-order valence-electron chi connectivity index (χ4n) is 2.32. The number of aromatic nitrogens is 1. The second-order valence-electron chi connectivity index (χ2n) is 5.34. The molecule has 1 aromatic carbocycles. The van der Waals surface area contributed by atoms with E-state index < -0.39 is 12.0 Å². The van der Waals surface area contributed by atoms with Crippen molar-refractivity contribution in [1.29, 1.82) is 0 Å². The average molecular weight is 324 g/mol. The molecule has 3 N–H and O–H groups in total. The highest BCUT2D eigenvalue weighted by Gasteiger charge is 2.26. The summed E-state index contributed by atoms with van der Waals surface area (Å²) in [5.74, 6) is -0.804. The molecule has 7 heteroatoms. The number of hydrogen-bond acceptors (Lipinski definition) is 5. The minimum absolute atomic E-state index is 0.205. The molecule has 24 heavy (non-hydrogen) atoms. The van der Waals surface area contributed by atoms with Gasteiger partial charge in [-0.1, -0.05) is 23.4 Å². The summed E-state index contributed by atoms with van der Waals surface area (Å²) in [5.41, 5.74) is 7.90. The minimum atomic E-state index is -0.746. The van der Waals surface area contributed by atoms with Crippen LogP contribution in [0.4, 0.5) is 0 Å². The number of rotatable bonds is 5. The highest BCUT2D eigenvalue weighted by molar-refractivity contribution is 6.00. The van der Waals surface area contributed by atoms with Crippen LogP contribution in [0.5, 0.6) is 0 Å². The van der Waals surface area contributed by atoms with Gasteiger partial charge >= 0.3 is 0 Å². The molecule has 0 spiro atoms. The molecule has 7 nitrogen and oxygen atoms in total. The number of oxime groups is 1. The molecule has 0 fully saturated rings. The normalized spacial score (nSPS) is 16.2. The molecular weight excluding hydrogens is 308 g/mol. The van der Waals surface area contributed by atoms with Crippen LogP contribution in [0.1, 0.15) is 16.8 Å². The lowest BCUT2D eigenvalue weighted by Gasteiger charge is -2.06. The highest BCUT2D eigenvalue weighted by atomic mass is 16.6. The van der Waals surface area contributed by atoms with Crippen LogP contribution in [0.25, 0.3) is 11.3 Å². The largest absolute Gasteiger partial charge is 0.382 e. The van der Waals surface area contributed by atoms with E-state index in [-0.39, 0.29) is 12.5 Å². The Morgan fingerprint density at radius 2 is 2.12 bits per heavy atom. The zero-order chi connectivity index (χ0) is 16.9. The highest BCUT2D eigenvalue weighted by Crippen LogP contribution is 2.17. The summed E-state index contributed by atoms with van der Waals surface area (Å²) in [7, 11) is 0. The maximum atomic E-state index is 12.3. The minimum Gasteiger partial charge on any atom is -0.382 e. The van der Waals surface area contributed by atoms with Crippen molar-refractivity contribution in [2.24, 2.45) is 10.9 Å². The molecule has 0 saturated carbocycles. The van der Waals surface area contributed by atoms with Gasteiger partial charge in [0.15, 0.2) is 0 Å². The van der Waals surface area contributed by atoms with Gasteiger partial charge in [0.25, 0.3) is 11.8 Å². The quantitative estimate of drug-likeness (QED) is 0.859. The predicted molar refractivity (Wildman–Crippen MR) is 88.1 cm³/mol. The first-order chi connectivity index (χ1) is 11.6. The number of hydrogen-bond donors (Lipinski definition) is 2. The zero-order valence-electron chi connectivity index (χ0n) is 12.8. The third kappa shape index (κ3) is 3.57. The summed E-state index contributed by atoms with van der Waals surface area (Å²) in [6, 6.07) is 12.8. The number of nitrogens with zero attached hydrogens (tertiary/aromatic N) is 2. The van der Waals surface area contributed by atoms with Gasteiger partial charge in [-0.25, -0.2) is 0 Å². The molecule has 1 aliphatic rings. The predicted octanol–water partition coefficient (Wildman–Crippen LogP) is 1.11. The summed E-state index contributed by atoms with van der Waals surface area (Å²) < 4.78 is 0. The van der Waals surface area contributed by atoms with Crippen LogP contribution in [0.2, 0.25) is 0 Å². The maximum Gasteiger partial charge on any atom is 0.261 e. The van der Waals surface area contributed by atoms with Crippen LogP contribution < -0.4 is 11.1 Å². The lowest BCUT2D eigenvalue weighted by Crippen LogP contribution is -2.32. The topological polar surface area (TPSA) is 107 Å². The van der Waals surface area contributed by atoms with E-state index >= 15 is 0 Å². The fraction of sp³-hybridized carbons (Fsp3) is 0.176. The summed E-state index contributed by atoms with van der Waals surface area (Å²) >= 11 is 0. The smallest absolute Gasteiger partial charge is 0.261 e. The Bertz CT molecular complexity index is 789. The third-order valence-electron chi connectivity index (χ3n) is 3.59. The van der Waals surface area contributed by atoms with Crippen molar-refractivity contribution in [3.05, 3.63) is 54.2 Å². The van der Waals surface area contributed by atoms with Crippen molar-refractivity contribution in [3.8, 4) is 11.3 Å². The van der Waals surface area contributed by atoms with E-state index in [1.54, 1.807) is 24.4 Å². The molecule has 1 aliphatic heterocycles. The molecule has 1 atom stereocenters. The number of primary amides is 1. The number of nitrogens with one attached hydrogen (secondary N) is 1. The number of amides is 2. The first-order valence-corrected chi connectivity index (χ1v) is 7.44. The molecule has 3 rings (SSSR count). The maximum absolute atomic E-state index is 12.3. The summed E-state index contributed by atoms with van der Waals surface area (Å²) in [6.45, 7) is 0.205. The molecule has 2 amide bonds. The Labute approximate surface area is 138 Å². The van der Waals surface area contributed by atoms with Gasteiger partial charge in [0.05, 0.1) is 18.0 Å². The fourth-order valence-corrected chi connectivity index (χ4v) is 2.32. The van der Waals surface area contributed by atoms with E-state index in [1.165, 1.54) is 0 Å². The van der Waals surface area contributed by atoms with Gasteiger partial charge in [0, 0.05) is 23.7 Å². The molecule has 0 saturated heterocycles. The number of benzene rings is 1. The molecule has 0 aliphatic carbocycles. The van der Waals surface area contributed by atoms with Crippen molar-refractivity contribution < 1.29 is 14.4 Å². The zero-order valence-corrected chi connectivity index (χ0v) is 12.8. The molecule has 2 aromatic rings. The number of carbonyl (C=O) groups excluding carboxylic acids is 2. The Hall–Kier alpha value is -3.22. The van der Waals surface area contributed by atoms with E-state index in [2.05, 4.69) is 15.5 Å². The van der Waals surface area contributed by atoms with E-state index in [1.807, 2.05) is 24.3 Å². The number of carbonyl (C=O) groups is 2. The summed E-state index contributed by atoms with van der Waals surface area (Å²) in [4.78, 5) is 32.5. The Morgan fingerprint density at radius 3 is 2.83 bits per heavy atom. The molecule has 1 unspecified atom stereocenters. The van der Waals surface area contributed by atoms with Crippen LogP contribution in [-0.4, -0.2) is 35.2 Å². The second kappa shape index (κ2) is 6.91. The van der Waals surface area contributed by atoms with Gasteiger partial charge in [0.1, 0.15) is 0 Å². The van der Waals surface area contributed by atoms with Crippen molar-refractivity contribution in [1.82, 2.24) is 10.3 Å². The van der Waals surface area contributed by atoms with Crippen molar-refractivity contribution in [2.45, 2.75) is 12.5 Å². The molecular formula is C17H16N4O3. The molecule has 2 heterocycles. The van der Waals surface area contributed by atoms with Crippen LogP contribution in [0.3, 0.4) is 0 Å². The Balaban J connectivity index is 1.63. The van der Waals surface area contributed by atoms with Crippen molar-refractivity contribution in [2.75, 3.05) is 6.54 Å². The molecule has 0 bridgehead atoms. The SMILES string of the molecule is NC(=O)C1CC(CNC(=O)c2cccc(-c3ccccn3)c2)=NO1. The van der Waals surface area contributed by atoms with E-state index in [0.717, 1.165) is 11.3 Å². The lowest BCUT2D eigenvalue weighted by molar-refractivity contribution is -0.127. The van der Waals surface area contributed by atoms with Crippen LogP contribution in [-0.2, 0) is 9.63 Å². The Kier molecular flexibility index (Phi) is 4.51. The van der Waals surface area contributed by atoms with Crippen LogP contribution in [0.15, 0.2) is 53.8 Å². The first kappa shape index (κ1) is 15.7. The third-order valence-corrected chi connectivity index (χ3v) is 3.59. The van der Waals surface area contributed by atoms with Gasteiger partial charge in [-0.15, -0.1) is 0 Å². The first-order valence-electron chi connectivity index (χ1n) is 7.44. The second-order valence-corrected chi connectivity index (χ2v) is 5.34. The molecule has 1 aromatic heterocycles. The van der Waals surface area contributed by atoms with Gasteiger partial charge in [-0.05, 0) is 24.3 Å². The van der Waals surface area contributed by atoms with Gasteiger partial charge in [-0.2, -0.15) is 0 Å². The lowest BCUT2D eigenvalue weighted by atomic mass is 10.1. The number of nitrogens with two attached hydrogens (primary N) is 1. The average Bonchev–Trinajstić information content (AvgIpc) is 3.10. The van der Waals surface area contributed by atoms with Gasteiger partial charge < -0.3 is 15.9 Å². The monoisotopic (exact) mass is 324 g/mol. The summed E-state index contributed by atoms with van der Waals surface area (Å²) in [5, 5.41) is 6.52. The van der Waals surface area contributed by atoms with E-state index in [0.29, 0.717) is 17.7 Å². The van der Waals surface area contributed by atoms with Crippen LogP contribution in [0, 0.1) is 0 Å². The van der Waals surface area contributed by atoms with Crippen LogP contribution >= 0.6 is 0 Å². The molecule has 122 valence electrons. The summed E-state index contributed by atoms with van der Waals surface area (Å²) in [6.07, 6.45) is 1.25. The van der Waals surface area contributed by atoms with Gasteiger partial charge in [0.2, 0.25) is 6.10 Å². The van der Waals surface area contributed by atoms with E-state index in [4.69, 9.17) is 10.6 Å². The number of pyridine rings is 1. The standard InChI is InChI=1S/C17H16N4O3/c18-16(22)15-9-13(21-24-15)10-20-17(23)12-5-3-4-11(8-12)14-6-1-2-7-19-14/h1-8,15H,9-10H2,(H2,18,22)(H,20,23). The molecule has 0 radical (unpaired) electrons. The van der Waals surface area contributed by atoms with Crippen molar-refractivity contribution in [3.63, 3.8) is 0 Å². The van der Waals surface area contributed by atoms with Crippen molar-refractivity contribution >= 4 is 17.5 Å². The van der Waals surface area contributed by atoms with E-state index in [9.17, 15) is 9.59 Å². The Morgan fingerprint density at radius 1 is 1.25 bits per heavy atom.